The maximum atomic E-state index is 13.5. The molecular formula is C26H26N4O4S2. The Morgan fingerprint density at radius 3 is 2.42 bits per heavy atom. The van der Waals surface area contributed by atoms with E-state index in [-0.39, 0.29) is 11.3 Å². The molecule has 1 aromatic heterocycles. The number of urea groups is 1. The molecule has 8 nitrogen and oxygen atoms in total. The van der Waals surface area contributed by atoms with E-state index in [4.69, 9.17) is 0 Å². The number of amides is 3. The summed E-state index contributed by atoms with van der Waals surface area (Å²) in [4.78, 5) is 32.3. The Bertz CT molecular complexity index is 1520. The monoisotopic (exact) mass is 522 g/mol. The number of hydrogen-bond donors (Lipinski definition) is 2. The molecule has 186 valence electrons. The lowest BCUT2D eigenvalue weighted by Crippen LogP contribution is -2.52. The van der Waals surface area contributed by atoms with Gasteiger partial charge in [-0.25, -0.2) is 22.9 Å². The van der Waals surface area contributed by atoms with Crippen LogP contribution in [0.1, 0.15) is 16.1 Å². The molecule has 0 spiro atoms. The van der Waals surface area contributed by atoms with Crippen LogP contribution in [0.2, 0.25) is 0 Å². The number of carbonyl (C=O) groups excluding carboxylic acids is 2. The Balaban J connectivity index is 1.57. The molecule has 0 bridgehead atoms. The van der Waals surface area contributed by atoms with Crippen molar-refractivity contribution >= 4 is 49.2 Å². The predicted octanol–water partition coefficient (Wildman–Crippen LogP) is 4.18. The van der Waals surface area contributed by atoms with Crippen molar-refractivity contribution in [2.45, 2.75) is 31.2 Å². The summed E-state index contributed by atoms with van der Waals surface area (Å²) >= 11 is 1.57. The van der Waals surface area contributed by atoms with Crippen LogP contribution in [0.25, 0.3) is 10.2 Å². The first-order valence-corrected chi connectivity index (χ1v) is 13.5. The highest BCUT2D eigenvalue weighted by molar-refractivity contribution is 7.90. The maximum Gasteiger partial charge on any atom is 0.329 e. The molecule has 36 heavy (non-hydrogen) atoms. The third kappa shape index (κ3) is 5.72. The Morgan fingerprint density at radius 2 is 1.69 bits per heavy atom. The Morgan fingerprint density at radius 1 is 1.00 bits per heavy atom. The van der Waals surface area contributed by atoms with Gasteiger partial charge in [0.15, 0.2) is 0 Å². The zero-order valence-electron chi connectivity index (χ0n) is 20.1. The van der Waals surface area contributed by atoms with Crippen LogP contribution in [-0.2, 0) is 21.2 Å². The minimum atomic E-state index is -4.12. The number of nitrogens with one attached hydrogen (secondary N) is 2. The average molecular weight is 523 g/mol. The van der Waals surface area contributed by atoms with Gasteiger partial charge >= 0.3 is 6.03 Å². The molecule has 0 saturated carbocycles. The summed E-state index contributed by atoms with van der Waals surface area (Å²) in [6, 6.07) is 19.1. The van der Waals surface area contributed by atoms with Gasteiger partial charge in [-0.15, -0.1) is 11.3 Å². The molecule has 10 heteroatoms. The van der Waals surface area contributed by atoms with Gasteiger partial charge in [-0.1, -0.05) is 48.5 Å². The van der Waals surface area contributed by atoms with Gasteiger partial charge in [0.25, 0.3) is 10.0 Å². The molecule has 4 rings (SSSR count). The minimum absolute atomic E-state index is 0.00457. The molecule has 1 atom stereocenters. The molecule has 3 amide bonds. The van der Waals surface area contributed by atoms with Crippen molar-refractivity contribution in [3.8, 4) is 0 Å². The third-order valence-corrected chi connectivity index (χ3v) is 8.14. The Kier molecular flexibility index (Phi) is 7.37. The fraction of sp³-hybridized carbons (Fsp3) is 0.192. The largest absolute Gasteiger partial charge is 0.329 e. The predicted molar refractivity (Wildman–Crippen MR) is 142 cm³/mol. The second-order valence-corrected chi connectivity index (χ2v) is 11.3. The number of sulfonamides is 1. The normalized spacial score (nSPS) is 12.2. The lowest BCUT2D eigenvalue weighted by Gasteiger charge is -2.25. The Hall–Kier alpha value is -3.76. The minimum Gasteiger partial charge on any atom is -0.325 e. The van der Waals surface area contributed by atoms with E-state index in [0.29, 0.717) is 11.3 Å². The first kappa shape index (κ1) is 25.3. The topological polar surface area (TPSA) is 108 Å². The van der Waals surface area contributed by atoms with Crippen molar-refractivity contribution in [3.63, 3.8) is 0 Å². The van der Waals surface area contributed by atoms with Crippen LogP contribution in [0, 0.1) is 13.8 Å². The van der Waals surface area contributed by atoms with Gasteiger partial charge in [0, 0.05) is 19.2 Å². The number of hydrogen-bond acceptors (Lipinski definition) is 6. The number of likely N-dealkylation sites (N-methyl/N-ethyl adjacent to an activating group) is 1. The second-order valence-electron chi connectivity index (χ2n) is 8.37. The van der Waals surface area contributed by atoms with Crippen molar-refractivity contribution in [2.24, 2.45) is 0 Å². The number of thiazole rings is 1. The number of nitrogens with zero attached hydrogens (tertiary/aromatic N) is 2. The van der Waals surface area contributed by atoms with Crippen molar-refractivity contribution in [3.05, 3.63) is 88.9 Å². The number of benzene rings is 3. The lowest BCUT2D eigenvalue weighted by molar-refractivity contribution is -0.120. The molecule has 2 N–H and O–H groups in total. The van der Waals surface area contributed by atoms with Crippen LogP contribution in [0.3, 0.4) is 0 Å². The maximum absolute atomic E-state index is 13.5. The number of anilines is 1. The van der Waals surface area contributed by atoms with Crippen LogP contribution >= 0.6 is 11.3 Å². The Labute approximate surface area is 214 Å². The smallest absolute Gasteiger partial charge is 0.325 e. The number of rotatable bonds is 7. The van der Waals surface area contributed by atoms with E-state index in [0.717, 1.165) is 20.8 Å². The molecule has 0 radical (unpaired) electrons. The third-order valence-electron chi connectivity index (χ3n) is 5.69. The van der Waals surface area contributed by atoms with E-state index in [1.54, 1.807) is 43.5 Å². The molecule has 0 aliphatic carbocycles. The highest BCUT2D eigenvalue weighted by atomic mass is 32.2. The van der Waals surface area contributed by atoms with Gasteiger partial charge in [-0.2, -0.15) is 0 Å². The van der Waals surface area contributed by atoms with Crippen molar-refractivity contribution in [1.29, 1.82) is 0 Å². The zero-order chi connectivity index (χ0) is 25.9. The van der Waals surface area contributed by atoms with Gasteiger partial charge in [0.2, 0.25) is 5.91 Å². The number of aromatic nitrogens is 1. The molecule has 0 unspecified atom stereocenters. The van der Waals surface area contributed by atoms with Crippen molar-refractivity contribution < 1.29 is 18.0 Å². The van der Waals surface area contributed by atoms with Crippen LogP contribution in [0.5, 0.6) is 0 Å². The molecule has 0 aliphatic heterocycles. The zero-order valence-corrected chi connectivity index (χ0v) is 21.7. The van der Waals surface area contributed by atoms with Crippen LogP contribution in [-0.4, -0.2) is 38.4 Å². The summed E-state index contributed by atoms with van der Waals surface area (Å²) in [6.45, 7) is 3.56. The van der Waals surface area contributed by atoms with E-state index < -0.39 is 28.0 Å². The summed E-state index contributed by atoms with van der Waals surface area (Å²) < 4.78 is 28.6. The van der Waals surface area contributed by atoms with E-state index in [2.05, 4.69) is 10.3 Å². The highest BCUT2D eigenvalue weighted by Crippen LogP contribution is 2.26. The van der Waals surface area contributed by atoms with Gasteiger partial charge < -0.3 is 10.2 Å². The SMILES string of the molecule is Cc1nc2cc(N(C)C(=O)[C@H](Cc3ccccc3)NC(=O)NS(=O)(=O)c3ccccc3C)ccc2s1. The molecule has 4 aromatic rings. The standard InChI is InChI=1S/C26H26N4O4S2/c1-17-9-7-8-12-24(17)36(33,34)29-26(32)28-22(15-19-10-5-4-6-11-19)25(31)30(3)20-13-14-23-21(16-20)27-18(2)35-23/h4-14,16,22H,15H2,1-3H3,(H2,28,29,32)/t22-/m0/s1. The van der Waals surface area contributed by atoms with E-state index >= 15 is 0 Å². The first-order chi connectivity index (χ1) is 17.1. The van der Waals surface area contributed by atoms with Crippen LogP contribution < -0.4 is 14.9 Å². The molecule has 1 heterocycles. The summed E-state index contributed by atoms with van der Waals surface area (Å²) in [5.41, 5.74) is 2.72. The quantitative estimate of drug-likeness (QED) is 0.379. The highest BCUT2D eigenvalue weighted by Gasteiger charge is 2.28. The van der Waals surface area contributed by atoms with E-state index in [1.807, 2.05) is 60.2 Å². The fourth-order valence-electron chi connectivity index (χ4n) is 3.87. The lowest BCUT2D eigenvalue weighted by atomic mass is 10.0. The molecule has 3 aromatic carbocycles. The van der Waals surface area contributed by atoms with Gasteiger partial charge in [-0.05, 0) is 49.2 Å². The fourth-order valence-corrected chi connectivity index (χ4v) is 5.84. The summed E-state index contributed by atoms with van der Waals surface area (Å²) in [6.07, 6.45) is 0.180. The van der Waals surface area contributed by atoms with E-state index in [1.165, 1.54) is 11.0 Å². The van der Waals surface area contributed by atoms with Crippen LogP contribution in [0.15, 0.2) is 77.7 Å². The average Bonchev–Trinajstić information content (AvgIpc) is 3.22. The molecular weight excluding hydrogens is 496 g/mol. The molecule has 0 aliphatic rings. The first-order valence-electron chi connectivity index (χ1n) is 11.2. The van der Waals surface area contributed by atoms with Crippen molar-refractivity contribution in [2.75, 3.05) is 11.9 Å². The summed E-state index contributed by atoms with van der Waals surface area (Å²) in [5.74, 6) is -0.395. The summed E-state index contributed by atoms with van der Waals surface area (Å²) in [5, 5.41) is 3.49. The summed E-state index contributed by atoms with van der Waals surface area (Å²) in [7, 11) is -2.51. The van der Waals surface area contributed by atoms with Gasteiger partial charge in [0.1, 0.15) is 6.04 Å². The van der Waals surface area contributed by atoms with Gasteiger partial charge in [-0.3, -0.25) is 4.79 Å². The number of carbonyl (C=O) groups is 2. The molecule has 0 saturated heterocycles. The van der Waals surface area contributed by atoms with Crippen LogP contribution in [0.4, 0.5) is 10.5 Å². The number of aryl methyl sites for hydroxylation is 2. The number of fused-ring (bicyclic) bond motifs is 1. The second kappa shape index (κ2) is 10.5. The van der Waals surface area contributed by atoms with Gasteiger partial charge in [0.05, 0.1) is 20.1 Å². The molecule has 0 fully saturated rings. The van der Waals surface area contributed by atoms with E-state index in [9.17, 15) is 18.0 Å². The van der Waals surface area contributed by atoms with Crippen molar-refractivity contribution in [1.82, 2.24) is 15.0 Å².